The third-order valence-corrected chi connectivity index (χ3v) is 4.27. The van der Waals surface area contributed by atoms with Gasteiger partial charge in [-0.15, -0.1) is 11.3 Å². The van der Waals surface area contributed by atoms with Gasteiger partial charge in [-0.1, -0.05) is 29.8 Å². The van der Waals surface area contributed by atoms with Gasteiger partial charge in [0.1, 0.15) is 5.82 Å². The first-order valence-electron chi connectivity index (χ1n) is 5.88. The first kappa shape index (κ1) is 12.5. The lowest BCUT2D eigenvalue weighted by molar-refractivity contribution is 0.628. The normalized spacial score (nSPS) is 10.8. The SMILES string of the molecule is Fc1ccc(NCc2csc3ccccc23)cc1Cl. The number of fused-ring (bicyclic) bond motifs is 1. The number of nitrogens with one attached hydrogen (secondary N) is 1. The molecule has 0 saturated heterocycles. The van der Waals surface area contributed by atoms with E-state index in [4.69, 9.17) is 11.6 Å². The van der Waals surface area contributed by atoms with Crippen molar-refractivity contribution >= 4 is 38.7 Å². The van der Waals surface area contributed by atoms with Gasteiger partial charge in [0.05, 0.1) is 5.02 Å². The van der Waals surface area contributed by atoms with Crippen LogP contribution in [0.4, 0.5) is 10.1 Å². The van der Waals surface area contributed by atoms with Crippen molar-refractivity contribution in [2.24, 2.45) is 0 Å². The van der Waals surface area contributed by atoms with Crippen LogP contribution in [0.2, 0.25) is 5.02 Å². The lowest BCUT2D eigenvalue weighted by Gasteiger charge is -2.06. The van der Waals surface area contributed by atoms with E-state index in [-0.39, 0.29) is 5.02 Å². The highest BCUT2D eigenvalue weighted by Gasteiger charge is 2.04. The minimum Gasteiger partial charge on any atom is -0.381 e. The summed E-state index contributed by atoms with van der Waals surface area (Å²) >= 11 is 7.49. The summed E-state index contributed by atoms with van der Waals surface area (Å²) in [6, 6.07) is 13.0. The molecule has 0 bridgehead atoms. The van der Waals surface area contributed by atoms with Crippen LogP contribution < -0.4 is 5.32 Å². The monoisotopic (exact) mass is 291 g/mol. The van der Waals surface area contributed by atoms with E-state index in [0.717, 1.165) is 5.69 Å². The van der Waals surface area contributed by atoms with Crippen LogP contribution in [0, 0.1) is 5.82 Å². The van der Waals surface area contributed by atoms with Gasteiger partial charge < -0.3 is 5.32 Å². The maximum absolute atomic E-state index is 13.1. The molecule has 1 heterocycles. The first-order chi connectivity index (χ1) is 9.24. The smallest absolute Gasteiger partial charge is 0.141 e. The Hall–Kier alpha value is -1.58. The Balaban J connectivity index is 1.80. The molecule has 0 radical (unpaired) electrons. The molecular formula is C15H11ClFNS. The second-order valence-corrected chi connectivity index (χ2v) is 5.56. The van der Waals surface area contributed by atoms with Gasteiger partial charge >= 0.3 is 0 Å². The molecule has 0 spiro atoms. The average molecular weight is 292 g/mol. The van der Waals surface area contributed by atoms with Crippen LogP contribution in [0.15, 0.2) is 47.8 Å². The molecule has 1 nitrogen and oxygen atoms in total. The quantitative estimate of drug-likeness (QED) is 0.690. The number of benzene rings is 2. The summed E-state index contributed by atoms with van der Waals surface area (Å²) in [5, 5.41) is 6.80. The number of hydrogen-bond donors (Lipinski definition) is 1. The van der Waals surface area contributed by atoms with Gasteiger partial charge in [0.2, 0.25) is 0 Å². The standard InChI is InChI=1S/C15H11ClFNS/c16-13-7-11(5-6-14(13)17)18-8-10-9-19-15-4-2-1-3-12(10)15/h1-7,9,18H,8H2. The zero-order valence-electron chi connectivity index (χ0n) is 9.99. The summed E-state index contributed by atoms with van der Waals surface area (Å²) in [7, 11) is 0. The largest absolute Gasteiger partial charge is 0.381 e. The molecule has 2 aromatic carbocycles. The van der Waals surface area contributed by atoms with Crippen LogP contribution in [0.5, 0.6) is 0 Å². The predicted molar refractivity (Wildman–Crippen MR) is 80.6 cm³/mol. The Labute approximate surface area is 119 Å². The maximum Gasteiger partial charge on any atom is 0.141 e. The molecule has 0 fully saturated rings. The zero-order valence-corrected chi connectivity index (χ0v) is 11.6. The highest BCUT2D eigenvalue weighted by molar-refractivity contribution is 7.17. The summed E-state index contributed by atoms with van der Waals surface area (Å²) in [4.78, 5) is 0. The molecule has 0 aliphatic heterocycles. The molecule has 1 N–H and O–H groups in total. The van der Waals surface area contributed by atoms with E-state index >= 15 is 0 Å². The molecule has 0 unspecified atom stereocenters. The van der Waals surface area contributed by atoms with Crippen molar-refractivity contribution in [3.05, 3.63) is 64.2 Å². The minimum absolute atomic E-state index is 0.139. The third kappa shape index (κ3) is 2.57. The molecule has 19 heavy (non-hydrogen) atoms. The van der Waals surface area contributed by atoms with Gasteiger partial charge in [-0.25, -0.2) is 4.39 Å². The molecule has 0 saturated carbocycles. The zero-order chi connectivity index (χ0) is 13.2. The summed E-state index contributed by atoms with van der Waals surface area (Å²) in [6.45, 7) is 0.700. The number of anilines is 1. The number of hydrogen-bond acceptors (Lipinski definition) is 2. The average Bonchev–Trinajstić information content (AvgIpc) is 2.83. The van der Waals surface area contributed by atoms with Gasteiger partial charge in [0.15, 0.2) is 0 Å². The second kappa shape index (κ2) is 5.19. The molecule has 0 aliphatic carbocycles. The summed E-state index contributed by atoms with van der Waals surface area (Å²) in [5.74, 6) is -0.395. The van der Waals surface area contributed by atoms with Crippen molar-refractivity contribution in [3.63, 3.8) is 0 Å². The molecular weight excluding hydrogens is 281 g/mol. The number of halogens is 2. The summed E-state index contributed by atoms with van der Waals surface area (Å²) in [5.41, 5.74) is 2.06. The molecule has 3 aromatic rings. The molecule has 1 aromatic heterocycles. The van der Waals surface area contributed by atoms with Crippen LogP contribution in [0.25, 0.3) is 10.1 Å². The van der Waals surface area contributed by atoms with Crippen LogP contribution in [-0.2, 0) is 6.54 Å². The van der Waals surface area contributed by atoms with E-state index in [2.05, 4.69) is 22.8 Å². The van der Waals surface area contributed by atoms with Crippen LogP contribution in [0.1, 0.15) is 5.56 Å². The Morgan fingerprint density at radius 1 is 1.16 bits per heavy atom. The molecule has 0 aliphatic rings. The fourth-order valence-electron chi connectivity index (χ4n) is 1.97. The predicted octanol–water partition coefficient (Wildman–Crippen LogP) is 5.31. The topological polar surface area (TPSA) is 12.0 Å². The highest BCUT2D eigenvalue weighted by atomic mass is 35.5. The van der Waals surface area contributed by atoms with E-state index in [1.54, 1.807) is 23.5 Å². The molecule has 0 amide bonds. The Morgan fingerprint density at radius 3 is 2.84 bits per heavy atom. The molecule has 3 rings (SSSR count). The molecule has 0 atom stereocenters. The van der Waals surface area contributed by atoms with Crippen molar-refractivity contribution in [1.29, 1.82) is 0 Å². The van der Waals surface area contributed by atoms with Gasteiger partial charge in [0.25, 0.3) is 0 Å². The lowest BCUT2D eigenvalue weighted by Crippen LogP contribution is -1.98. The lowest BCUT2D eigenvalue weighted by atomic mass is 10.2. The molecule has 4 heteroatoms. The Kier molecular flexibility index (Phi) is 3.40. The third-order valence-electron chi connectivity index (χ3n) is 2.96. The van der Waals surface area contributed by atoms with E-state index < -0.39 is 5.82 Å². The minimum atomic E-state index is -0.395. The summed E-state index contributed by atoms with van der Waals surface area (Å²) in [6.07, 6.45) is 0. The Morgan fingerprint density at radius 2 is 2.00 bits per heavy atom. The van der Waals surface area contributed by atoms with E-state index in [0.29, 0.717) is 6.54 Å². The summed E-state index contributed by atoms with van der Waals surface area (Å²) < 4.78 is 14.3. The van der Waals surface area contributed by atoms with E-state index in [1.165, 1.54) is 21.7 Å². The van der Waals surface area contributed by atoms with Crippen molar-refractivity contribution < 1.29 is 4.39 Å². The van der Waals surface area contributed by atoms with Gasteiger partial charge in [-0.3, -0.25) is 0 Å². The number of rotatable bonds is 3. The Bertz CT molecular complexity index is 723. The number of thiophene rings is 1. The fraction of sp³-hybridized carbons (Fsp3) is 0.0667. The van der Waals surface area contributed by atoms with E-state index in [9.17, 15) is 4.39 Å². The van der Waals surface area contributed by atoms with Crippen molar-refractivity contribution in [2.45, 2.75) is 6.54 Å². The van der Waals surface area contributed by atoms with E-state index in [1.807, 2.05) is 12.1 Å². The van der Waals surface area contributed by atoms with Crippen molar-refractivity contribution in [2.75, 3.05) is 5.32 Å². The van der Waals surface area contributed by atoms with Crippen molar-refractivity contribution in [3.8, 4) is 0 Å². The maximum atomic E-state index is 13.1. The highest BCUT2D eigenvalue weighted by Crippen LogP contribution is 2.27. The fourth-order valence-corrected chi connectivity index (χ4v) is 3.12. The first-order valence-corrected chi connectivity index (χ1v) is 7.14. The van der Waals surface area contributed by atoms with Crippen LogP contribution in [0.3, 0.4) is 0 Å². The van der Waals surface area contributed by atoms with Crippen LogP contribution >= 0.6 is 22.9 Å². The second-order valence-electron chi connectivity index (χ2n) is 4.24. The van der Waals surface area contributed by atoms with Crippen molar-refractivity contribution in [1.82, 2.24) is 0 Å². The van der Waals surface area contributed by atoms with Gasteiger partial charge in [-0.05, 0) is 40.6 Å². The van der Waals surface area contributed by atoms with Gasteiger partial charge in [0, 0.05) is 16.9 Å². The van der Waals surface area contributed by atoms with Crippen LogP contribution in [-0.4, -0.2) is 0 Å². The van der Waals surface area contributed by atoms with Gasteiger partial charge in [-0.2, -0.15) is 0 Å². The molecule has 96 valence electrons.